The monoisotopic (exact) mass is 351 g/mol. The number of rotatable bonds is 6. The summed E-state index contributed by atoms with van der Waals surface area (Å²) >= 11 is 0. The van der Waals surface area contributed by atoms with Crippen LogP contribution in [0.15, 0.2) is 57.7 Å². The molecule has 0 saturated carbocycles. The lowest BCUT2D eigenvalue weighted by atomic mass is 10.1. The fourth-order valence-electron chi connectivity index (χ4n) is 2.75. The highest BCUT2D eigenvalue weighted by molar-refractivity contribution is 5.93. The highest BCUT2D eigenvalue weighted by atomic mass is 16.5. The van der Waals surface area contributed by atoms with E-state index in [4.69, 9.17) is 9.15 Å². The molecule has 5 nitrogen and oxygen atoms in total. The molecule has 1 heterocycles. The van der Waals surface area contributed by atoms with E-state index in [1.807, 2.05) is 44.2 Å². The average molecular weight is 351 g/mol. The second kappa shape index (κ2) is 7.87. The van der Waals surface area contributed by atoms with E-state index < -0.39 is 5.63 Å². The van der Waals surface area contributed by atoms with E-state index in [0.29, 0.717) is 30.7 Å². The molecule has 0 aliphatic carbocycles. The first-order valence-corrected chi connectivity index (χ1v) is 8.55. The number of carbonyl (C=O) groups excluding carboxylic acids is 1. The zero-order valence-corrected chi connectivity index (χ0v) is 14.9. The third kappa shape index (κ3) is 4.51. The highest BCUT2D eigenvalue weighted by Crippen LogP contribution is 2.21. The average Bonchev–Trinajstić information content (AvgIpc) is 2.58. The van der Waals surface area contributed by atoms with Crippen molar-refractivity contribution in [2.45, 2.75) is 26.7 Å². The van der Waals surface area contributed by atoms with E-state index in [9.17, 15) is 9.59 Å². The lowest BCUT2D eigenvalue weighted by molar-refractivity contribution is -0.116. The molecule has 0 unspecified atom stereocenters. The maximum absolute atomic E-state index is 12.1. The van der Waals surface area contributed by atoms with Crippen molar-refractivity contribution >= 4 is 22.6 Å². The molecule has 2 aromatic carbocycles. The van der Waals surface area contributed by atoms with Crippen LogP contribution in [0.2, 0.25) is 0 Å². The Morgan fingerprint density at radius 3 is 2.77 bits per heavy atom. The lowest BCUT2D eigenvalue weighted by Gasteiger charge is -2.08. The Balaban J connectivity index is 1.53. The Hall–Kier alpha value is -3.08. The van der Waals surface area contributed by atoms with Gasteiger partial charge in [-0.3, -0.25) is 4.79 Å². The highest BCUT2D eigenvalue weighted by Gasteiger charge is 2.07. The largest absolute Gasteiger partial charge is 0.494 e. The van der Waals surface area contributed by atoms with Gasteiger partial charge in [0.2, 0.25) is 5.91 Å². The standard InChI is InChI=1S/C21H21NO4/c1-14-5-3-6-17(11-14)25-10-4-7-20(23)22-16-8-9-18-15(2)12-21(24)26-19(18)13-16/h3,5-6,8-9,11-13H,4,7,10H2,1-2H3,(H,22,23). The molecule has 0 atom stereocenters. The number of amides is 1. The summed E-state index contributed by atoms with van der Waals surface area (Å²) < 4.78 is 10.8. The Bertz CT molecular complexity index is 991. The second-order valence-corrected chi connectivity index (χ2v) is 6.28. The van der Waals surface area contributed by atoms with Gasteiger partial charge in [0.25, 0.3) is 0 Å². The van der Waals surface area contributed by atoms with Gasteiger partial charge in [0.15, 0.2) is 0 Å². The summed E-state index contributed by atoms with van der Waals surface area (Å²) in [6.45, 7) is 4.34. The number of fused-ring (bicyclic) bond motifs is 1. The minimum Gasteiger partial charge on any atom is -0.494 e. The van der Waals surface area contributed by atoms with Gasteiger partial charge in [0, 0.05) is 29.6 Å². The van der Waals surface area contributed by atoms with Crippen LogP contribution in [-0.2, 0) is 4.79 Å². The van der Waals surface area contributed by atoms with Crippen LogP contribution in [0.4, 0.5) is 5.69 Å². The Kier molecular flexibility index (Phi) is 5.37. The van der Waals surface area contributed by atoms with Gasteiger partial charge in [0.05, 0.1) is 6.61 Å². The molecular weight excluding hydrogens is 330 g/mol. The van der Waals surface area contributed by atoms with Gasteiger partial charge in [-0.15, -0.1) is 0 Å². The van der Waals surface area contributed by atoms with Crippen LogP contribution in [0, 0.1) is 13.8 Å². The predicted molar refractivity (Wildman–Crippen MR) is 102 cm³/mol. The third-order valence-corrected chi connectivity index (χ3v) is 4.04. The number of anilines is 1. The van der Waals surface area contributed by atoms with Gasteiger partial charge in [-0.25, -0.2) is 4.79 Å². The first kappa shape index (κ1) is 17.7. The van der Waals surface area contributed by atoms with Crippen molar-refractivity contribution in [3.8, 4) is 5.75 Å². The molecular formula is C21H21NO4. The molecule has 134 valence electrons. The number of benzene rings is 2. The molecule has 3 aromatic rings. The van der Waals surface area contributed by atoms with Gasteiger partial charge in [-0.2, -0.15) is 0 Å². The number of carbonyl (C=O) groups is 1. The molecule has 1 aromatic heterocycles. The van der Waals surface area contributed by atoms with Gasteiger partial charge < -0.3 is 14.5 Å². The smallest absolute Gasteiger partial charge is 0.336 e. The summed E-state index contributed by atoms with van der Waals surface area (Å²) in [6, 6.07) is 14.6. The molecule has 1 N–H and O–H groups in total. The molecule has 26 heavy (non-hydrogen) atoms. The lowest BCUT2D eigenvalue weighted by Crippen LogP contribution is -2.13. The fraction of sp³-hybridized carbons (Fsp3) is 0.238. The molecule has 0 fully saturated rings. The maximum atomic E-state index is 12.1. The summed E-state index contributed by atoms with van der Waals surface area (Å²) in [5.74, 6) is 0.706. The van der Waals surface area contributed by atoms with Gasteiger partial charge in [-0.05, 0) is 55.7 Å². The molecule has 3 rings (SSSR count). The summed E-state index contributed by atoms with van der Waals surface area (Å²) in [5.41, 5.74) is 2.67. The summed E-state index contributed by atoms with van der Waals surface area (Å²) in [5, 5.41) is 3.68. The molecule has 0 bridgehead atoms. The van der Waals surface area contributed by atoms with Crippen LogP contribution in [-0.4, -0.2) is 12.5 Å². The number of hydrogen-bond acceptors (Lipinski definition) is 4. The minimum absolute atomic E-state index is 0.104. The van der Waals surface area contributed by atoms with E-state index in [-0.39, 0.29) is 5.91 Å². The van der Waals surface area contributed by atoms with E-state index in [2.05, 4.69) is 5.32 Å². The zero-order chi connectivity index (χ0) is 18.5. The summed E-state index contributed by atoms with van der Waals surface area (Å²) in [6.07, 6.45) is 0.961. The van der Waals surface area contributed by atoms with Crippen molar-refractivity contribution < 1.29 is 13.9 Å². The van der Waals surface area contributed by atoms with Crippen LogP contribution < -0.4 is 15.7 Å². The maximum Gasteiger partial charge on any atom is 0.336 e. The molecule has 1 amide bonds. The van der Waals surface area contributed by atoms with Crippen molar-refractivity contribution in [1.82, 2.24) is 0 Å². The first-order valence-electron chi connectivity index (χ1n) is 8.55. The normalized spacial score (nSPS) is 10.7. The first-order chi connectivity index (χ1) is 12.5. The third-order valence-electron chi connectivity index (χ3n) is 4.04. The molecule has 0 aliphatic heterocycles. The minimum atomic E-state index is -0.397. The zero-order valence-electron chi connectivity index (χ0n) is 14.9. The van der Waals surface area contributed by atoms with E-state index in [1.54, 1.807) is 12.1 Å². The number of hydrogen-bond donors (Lipinski definition) is 1. The fourth-order valence-corrected chi connectivity index (χ4v) is 2.75. The van der Waals surface area contributed by atoms with Gasteiger partial charge in [0.1, 0.15) is 11.3 Å². The molecule has 0 radical (unpaired) electrons. The van der Waals surface area contributed by atoms with Crippen LogP contribution >= 0.6 is 0 Å². The molecule has 5 heteroatoms. The number of nitrogens with one attached hydrogen (secondary N) is 1. The number of aryl methyl sites for hydroxylation is 2. The van der Waals surface area contributed by atoms with Crippen LogP contribution in [0.5, 0.6) is 5.75 Å². The van der Waals surface area contributed by atoms with Crippen molar-refractivity contribution in [1.29, 1.82) is 0 Å². The molecule has 0 spiro atoms. The molecule has 0 saturated heterocycles. The Labute approximate surface area is 151 Å². The Morgan fingerprint density at radius 1 is 1.12 bits per heavy atom. The van der Waals surface area contributed by atoms with Crippen molar-refractivity contribution in [3.05, 3.63) is 70.1 Å². The van der Waals surface area contributed by atoms with Gasteiger partial charge in [-0.1, -0.05) is 12.1 Å². The van der Waals surface area contributed by atoms with E-state index >= 15 is 0 Å². The second-order valence-electron chi connectivity index (χ2n) is 6.28. The van der Waals surface area contributed by atoms with Crippen LogP contribution in [0.3, 0.4) is 0 Å². The molecule has 0 aliphatic rings. The SMILES string of the molecule is Cc1cccc(OCCCC(=O)Nc2ccc3c(C)cc(=O)oc3c2)c1. The quantitative estimate of drug-likeness (QED) is 0.534. The van der Waals surface area contributed by atoms with Crippen molar-refractivity contribution in [3.63, 3.8) is 0 Å². The van der Waals surface area contributed by atoms with Crippen molar-refractivity contribution in [2.24, 2.45) is 0 Å². The van der Waals surface area contributed by atoms with E-state index in [0.717, 1.165) is 22.3 Å². The summed E-state index contributed by atoms with van der Waals surface area (Å²) in [7, 11) is 0. The van der Waals surface area contributed by atoms with Crippen LogP contribution in [0.1, 0.15) is 24.0 Å². The Morgan fingerprint density at radius 2 is 1.96 bits per heavy atom. The van der Waals surface area contributed by atoms with Crippen molar-refractivity contribution in [2.75, 3.05) is 11.9 Å². The predicted octanol–water partition coefficient (Wildman–Crippen LogP) is 4.21. The van der Waals surface area contributed by atoms with E-state index in [1.165, 1.54) is 6.07 Å². The van der Waals surface area contributed by atoms with Gasteiger partial charge >= 0.3 is 5.63 Å². The topological polar surface area (TPSA) is 68.5 Å². The summed E-state index contributed by atoms with van der Waals surface area (Å²) in [4.78, 5) is 23.6. The van der Waals surface area contributed by atoms with Crippen LogP contribution in [0.25, 0.3) is 11.0 Å². The number of ether oxygens (including phenoxy) is 1.